The highest BCUT2D eigenvalue weighted by atomic mass is 15.2. The molecular weight excluding hydrogens is 250 g/mol. The molecule has 1 aromatic carbocycles. The molecule has 0 radical (unpaired) electrons. The van der Waals surface area contributed by atoms with Crippen LogP contribution in [0.5, 0.6) is 0 Å². The van der Waals surface area contributed by atoms with E-state index in [1.165, 1.54) is 0 Å². The second kappa shape index (κ2) is 4.92. The Balaban J connectivity index is 1.94. The van der Waals surface area contributed by atoms with Crippen LogP contribution < -0.4 is 5.32 Å². The van der Waals surface area contributed by atoms with Crippen LogP contribution in [0.15, 0.2) is 36.7 Å². The predicted octanol–water partition coefficient (Wildman–Crippen LogP) is 2.85. The first-order valence-electron chi connectivity index (χ1n) is 6.65. The van der Waals surface area contributed by atoms with Crippen molar-refractivity contribution in [2.24, 2.45) is 7.05 Å². The number of imidazole rings is 1. The number of nitrogens with zero attached hydrogens (tertiary/aromatic N) is 4. The van der Waals surface area contributed by atoms with E-state index >= 15 is 0 Å². The average molecular weight is 267 g/mol. The fraction of sp³-hybridized carbons (Fsp3) is 0.267. The zero-order valence-corrected chi connectivity index (χ0v) is 11.8. The average Bonchev–Trinajstić information content (AvgIpc) is 2.80. The van der Waals surface area contributed by atoms with Gasteiger partial charge < -0.3 is 9.88 Å². The molecule has 3 aromatic rings. The first-order chi connectivity index (χ1) is 9.63. The molecule has 5 nitrogen and oxygen atoms in total. The topological polar surface area (TPSA) is 55.6 Å². The molecule has 0 unspecified atom stereocenters. The van der Waals surface area contributed by atoms with Crippen LogP contribution in [0, 0.1) is 0 Å². The Morgan fingerprint density at radius 2 is 1.95 bits per heavy atom. The lowest BCUT2D eigenvalue weighted by Gasteiger charge is -2.08. The highest BCUT2D eigenvalue weighted by Gasteiger charge is 2.05. The number of rotatable bonds is 3. The van der Waals surface area contributed by atoms with E-state index < -0.39 is 0 Å². The number of aromatic nitrogens is 4. The Hall–Kier alpha value is -2.43. The number of fused-ring (bicyclic) bond motifs is 1. The van der Waals surface area contributed by atoms with Crippen molar-refractivity contribution in [2.45, 2.75) is 19.9 Å². The molecule has 102 valence electrons. The van der Waals surface area contributed by atoms with Gasteiger partial charge in [-0.25, -0.2) is 4.98 Å². The lowest BCUT2D eigenvalue weighted by molar-refractivity contribution is 0.874. The zero-order valence-electron chi connectivity index (χ0n) is 11.8. The van der Waals surface area contributed by atoms with Gasteiger partial charge in [-0.05, 0) is 38.1 Å². The maximum Gasteiger partial charge on any atom is 0.148 e. The minimum atomic E-state index is 0.347. The van der Waals surface area contributed by atoms with Crippen molar-refractivity contribution in [1.29, 1.82) is 0 Å². The summed E-state index contributed by atoms with van der Waals surface area (Å²) < 4.78 is 2.00. The third-order valence-electron chi connectivity index (χ3n) is 3.12. The lowest BCUT2D eigenvalue weighted by atomic mass is 10.1. The second-order valence-corrected chi connectivity index (χ2v) is 5.16. The number of aryl methyl sites for hydroxylation is 1. The van der Waals surface area contributed by atoms with E-state index in [0.29, 0.717) is 6.04 Å². The number of benzene rings is 1. The number of hydrogen-bond acceptors (Lipinski definition) is 4. The standard InChI is InChI=1S/C15H17N5/c1-10(2)17-15-7-5-12(18-19-15)11-4-6-14-13(8-11)16-9-20(14)3/h4-10H,1-3H3,(H,17,19). The van der Waals surface area contributed by atoms with E-state index in [1.54, 1.807) is 0 Å². The summed E-state index contributed by atoms with van der Waals surface area (Å²) in [6.07, 6.45) is 1.82. The van der Waals surface area contributed by atoms with Crippen LogP contribution in [-0.2, 0) is 7.05 Å². The molecule has 3 rings (SSSR count). The van der Waals surface area contributed by atoms with Gasteiger partial charge in [0.25, 0.3) is 0 Å². The molecule has 0 aliphatic heterocycles. The van der Waals surface area contributed by atoms with Crippen molar-refractivity contribution in [1.82, 2.24) is 19.7 Å². The normalized spacial score (nSPS) is 11.2. The molecule has 0 aliphatic rings. The van der Waals surface area contributed by atoms with Gasteiger partial charge in [0.15, 0.2) is 0 Å². The van der Waals surface area contributed by atoms with Crippen molar-refractivity contribution in [3.63, 3.8) is 0 Å². The minimum absolute atomic E-state index is 0.347. The lowest BCUT2D eigenvalue weighted by Crippen LogP contribution is -2.11. The minimum Gasteiger partial charge on any atom is -0.366 e. The van der Waals surface area contributed by atoms with Gasteiger partial charge in [0.1, 0.15) is 5.82 Å². The molecular formula is C15H17N5. The van der Waals surface area contributed by atoms with Gasteiger partial charge in [-0.1, -0.05) is 6.07 Å². The quantitative estimate of drug-likeness (QED) is 0.792. The number of anilines is 1. The smallest absolute Gasteiger partial charge is 0.148 e. The summed E-state index contributed by atoms with van der Waals surface area (Å²) >= 11 is 0. The highest BCUT2D eigenvalue weighted by molar-refractivity contribution is 5.81. The zero-order chi connectivity index (χ0) is 14.1. The van der Waals surface area contributed by atoms with Crippen LogP contribution >= 0.6 is 0 Å². The van der Waals surface area contributed by atoms with Crippen LogP contribution in [-0.4, -0.2) is 25.8 Å². The van der Waals surface area contributed by atoms with Crippen LogP contribution in [0.1, 0.15) is 13.8 Å². The molecule has 0 atom stereocenters. The van der Waals surface area contributed by atoms with E-state index in [9.17, 15) is 0 Å². The molecule has 0 aliphatic carbocycles. The highest BCUT2D eigenvalue weighted by Crippen LogP contribution is 2.22. The molecule has 1 N–H and O–H groups in total. The fourth-order valence-electron chi connectivity index (χ4n) is 2.15. The molecule has 0 spiro atoms. The van der Waals surface area contributed by atoms with E-state index in [2.05, 4.69) is 40.4 Å². The van der Waals surface area contributed by atoms with E-state index in [-0.39, 0.29) is 0 Å². The van der Waals surface area contributed by atoms with Gasteiger partial charge in [-0.2, -0.15) is 0 Å². The molecule has 0 saturated carbocycles. The Morgan fingerprint density at radius 3 is 2.65 bits per heavy atom. The summed E-state index contributed by atoms with van der Waals surface area (Å²) in [7, 11) is 1.99. The molecule has 0 fully saturated rings. The van der Waals surface area contributed by atoms with Gasteiger partial charge in [-0.15, -0.1) is 10.2 Å². The van der Waals surface area contributed by atoms with Crippen LogP contribution in [0.4, 0.5) is 5.82 Å². The third-order valence-corrected chi connectivity index (χ3v) is 3.12. The number of hydrogen-bond donors (Lipinski definition) is 1. The second-order valence-electron chi connectivity index (χ2n) is 5.16. The maximum absolute atomic E-state index is 4.36. The van der Waals surface area contributed by atoms with Crippen molar-refractivity contribution in [2.75, 3.05) is 5.32 Å². The molecule has 2 aromatic heterocycles. The fourth-order valence-corrected chi connectivity index (χ4v) is 2.15. The molecule has 0 amide bonds. The Bertz CT molecular complexity index is 728. The van der Waals surface area contributed by atoms with Crippen LogP contribution in [0.25, 0.3) is 22.3 Å². The van der Waals surface area contributed by atoms with Crippen molar-refractivity contribution in [3.05, 3.63) is 36.7 Å². The summed E-state index contributed by atoms with van der Waals surface area (Å²) in [6.45, 7) is 4.15. The molecule has 5 heteroatoms. The first kappa shape index (κ1) is 12.6. The van der Waals surface area contributed by atoms with Gasteiger partial charge in [0, 0.05) is 18.7 Å². The van der Waals surface area contributed by atoms with Crippen molar-refractivity contribution < 1.29 is 0 Å². The summed E-state index contributed by atoms with van der Waals surface area (Å²) in [5.74, 6) is 0.794. The Labute approximate surface area is 117 Å². The van der Waals surface area contributed by atoms with E-state index in [4.69, 9.17) is 0 Å². The molecule has 2 heterocycles. The molecule has 0 bridgehead atoms. The van der Waals surface area contributed by atoms with Gasteiger partial charge >= 0.3 is 0 Å². The molecule has 0 saturated heterocycles. The van der Waals surface area contributed by atoms with Crippen LogP contribution in [0.2, 0.25) is 0 Å². The van der Waals surface area contributed by atoms with Gasteiger partial charge in [0.05, 0.1) is 23.1 Å². The SMILES string of the molecule is CC(C)Nc1ccc(-c2ccc3c(c2)ncn3C)nn1. The van der Waals surface area contributed by atoms with E-state index in [0.717, 1.165) is 28.1 Å². The summed E-state index contributed by atoms with van der Waals surface area (Å²) in [5, 5.41) is 11.7. The predicted molar refractivity (Wildman–Crippen MR) is 80.5 cm³/mol. The van der Waals surface area contributed by atoms with Crippen molar-refractivity contribution in [3.8, 4) is 11.3 Å². The van der Waals surface area contributed by atoms with Gasteiger partial charge in [-0.3, -0.25) is 0 Å². The maximum atomic E-state index is 4.36. The largest absolute Gasteiger partial charge is 0.366 e. The van der Waals surface area contributed by atoms with Gasteiger partial charge in [0.2, 0.25) is 0 Å². The Kier molecular flexibility index (Phi) is 3.10. The summed E-state index contributed by atoms with van der Waals surface area (Å²) in [4.78, 5) is 4.36. The van der Waals surface area contributed by atoms with Crippen LogP contribution in [0.3, 0.4) is 0 Å². The first-order valence-corrected chi connectivity index (χ1v) is 6.65. The van der Waals surface area contributed by atoms with Crippen molar-refractivity contribution >= 4 is 16.9 Å². The van der Waals surface area contributed by atoms with E-state index in [1.807, 2.05) is 42.2 Å². The summed E-state index contributed by atoms with van der Waals surface area (Å²) in [5.41, 5.74) is 3.96. The monoisotopic (exact) mass is 267 g/mol. The number of nitrogens with one attached hydrogen (secondary N) is 1. The molecule has 20 heavy (non-hydrogen) atoms. The summed E-state index contributed by atoms with van der Waals surface area (Å²) in [6, 6.07) is 10.4. The third kappa shape index (κ3) is 2.34. The Morgan fingerprint density at radius 1 is 1.10 bits per heavy atom.